The molecule has 0 aliphatic rings. The van der Waals surface area contributed by atoms with Crippen molar-refractivity contribution in [2.24, 2.45) is 0 Å². The van der Waals surface area contributed by atoms with Crippen LogP contribution in [0.15, 0.2) is 0 Å². The highest BCUT2D eigenvalue weighted by Gasteiger charge is 2.05. The van der Waals surface area contributed by atoms with Crippen molar-refractivity contribution in [2.75, 3.05) is 7.05 Å². The maximum Gasteiger partial charge on any atom is 0.00831 e. The van der Waals surface area contributed by atoms with Crippen LogP contribution in [0.5, 0.6) is 0 Å². The van der Waals surface area contributed by atoms with Crippen LogP contribution in [0.25, 0.3) is 0 Å². The van der Waals surface area contributed by atoms with Crippen LogP contribution in [-0.4, -0.2) is 10.8 Å². The van der Waals surface area contributed by atoms with Crippen LogP contribution in [0.1, 0.15) is 0 Å². The number of thiol groups is 2. The Labute approximate surface area is 84.7 Å². The zero-order valence-corrected chi connectivity index (χ0v) is 12.0. The van der Waals surface area contributed by atoms with Crippen LogP contribution in [0, 0.1) is 0 Å². The van der Waals surface area contributed by atoms with E-state index in [-0.39, 0.29) is 15.9 Å². The van der Waals surface area contributed by atoms with Crippen molar-refractivity contribution >= 4 is 75.1 Å². The van der Waals surface area contributed by atoms with Gasteiger partial charge >= 0.3 is 0 Å². The SMILES string of the molecule is CN([SH](Br)Br)[SH](Br)Br. The highest BCUT2D eigenvalue weighted by atomic mass is 79.9. The topological polar surface area (TPSA) is 3.24 Å². The summed E-state index contributed by atoms with van der Waals surface area (Å²) in [6.45, 7) is 0. The van der Waals surface area contributed by atoms with Gasteiger partial charge in [0.15, 0.2) is 0 Å². The van der Waals surface area contributed by atoms with E-state index in [9.17, 15) is 0 Å². The van der Waals surface area contributed by atoms with Gasteiger partial charge in [-0.3, -0.25) is 0 Å². The summed E-state index contributed by atoms with van der Waals surface area (Å²) in [5.74, 6) is 0. The Morgan fingerprint density at radius 2 is 1.25 bits per heavy atom. The third-order valence-electron chi connectivity index (χ3n) is 0.438. The molecule has 0 spiro atoms. The normalized spacial score (nSPS) is 14.2. The second-order valence-electron chi connectivity index (χ2n) is 0.920. The molecule has 0 aromatic carbocycles. The molecule has 0 unspecified atom stereocenters. The summed E-state index contributed by atoms with van der Waals surface area (Å²) in [6, 6.07) is 0. The Bertz CT molecular complexity index is 59.1. The number of nitrogens with zero attached hydrogens (tertiary/aromatic N) is 1. The molecule has 0 aliphatic carbocycles. The van der Waals surface area contributed by atoms with Gasteiger partial charge in [-0.1, -0.05) is 15.9 Å². The summed E-state index contributed by atoms with van der Waals surface area (Å²) in [7, 11) is 1.40. The minimum absolute atomic E-state index is 0.308. The van der Waals surface area contributed by atoms with E-state index in [4.69, 9.17) is 0 Å². The fourth-order valence-corrected chi connectivity index (χ4v) is 12.4. The Balaban J connectivity index is 3.46. The smallest absolute Gasteiger partial charge is 0.00831 e. The Hall–Kier alpha value is 2.58. The van der Waals surface area contributed by atoms with E-state index in [0.717, 1.165) is 0 Å². The maximum absolute atomic E-state index is 3.40. The number of hydrogen-bond acceptors (Lipinski definition) is 1. The molecule has 1 nitrogen and oxygen atoms in total. The predicted molar refractivity (Wildman–Crippen MR) is 61.4 cm³/mol. The third-order valence-corrected chi connectivity index (χ3v) is 11.0. The van der Waals surface area contributed by atoms with E-state index in [1.807, 2.05) is 7.05 Å². The molecular formula is CH5Br4NS2. The average molecular weight is 415 g/mol. The highest BCUT2D eigenvalue weighted by Crippen LogP contribution is 2.59. The van der Waals surface area contributed by atoms with Gasteiger partial charge in [0.05, 0.1) is 0 Å². The fourth-order valence-electron chi connectivity index (χ4n) is 0.0511. The summed E-state index contributed by atoms with van der Waals surface area (Å²) in [5.41, 5.74) is 0. The summed E-state index contributed by atoms with van der Waals surface area (Å²) >= 11 is 13.6. The van der Waals surface area contributed by atoms with E-state index in [0.29, 0.717) is 0 Å². The van der Waals surface area contributed by atoms with Gasteiger partial charge < -0.3 is 0 Å². The molecule has 0 aliphatic heterocycles. The average Bonchev–Trinajstić information content (AvgIpc) is 1.64. The monoisotopic (exact) mass is 411 g/mol. The van der Waals surface area contributed by atoms with Crippen LogP contribution in [0.2, 0.25) is 0 Å². The van der Waals surface area contributed by atoms with Gasteiger partial charge in [-0.2, -0.15) is 0 Å². The lowest BCUT2D eigenvalue weighted by Crippen LogP contribution is -1.95. The third kappa shape index (κ3) is 4.40. The van der Waals surface area contributed by atoms with Gasteiger partial charge in [0, 0.05) is 7.05 Å². The molecule has 0 radical (unpaired) electrons. The lowest BCUT2D eigenvalue weighted by atomic mass is 11.6. The van der Waals surface area contributed by atoms with Crippen LogP contribution >= 0.6 is 75.1 Å². The van der Waals surface area contributed by atoms with E-state index < -0.39 is 0 Å². The Morgan fingerprint density at radius 1 is 1.00 bits per heavy atom. The molecule has 0 atom stereocenters. The molecule has 0 N–H and O–H groups in total. The van der Waals surface area contributed by atoms with Crippen LogP contribution in [-0.2, 0) is 0 Å². The van der Waals surface area contributed by atoms with Gasteiger partial charge in [-0.05, 0) is 59.3 Å². The molecule has 0 amide bonds. The highest BCUT2D eigenvalue weighted by molar-refractivity contribution is 9.90. The maximum atomic E-state index is 3.40. The minimum atomic E-state index is -0.308. The summed E-state index contributed by atoms with van der Waals surface area (Å²) < 4.78 is 2.13. The molecule has 0 aromatic rings. The standard InChI is InChI=1S/CH5Br4NS2/c1-6(7(2)3)8(4)5/h7-8H,1H3. The van der Waals surface area contributed by atoms with Crippen molar-refractivity contribution in [1.29, 1.82) is 0 Å². The summed E-state index contributed by atoms with van der Waals surface area (Å²) in [6.07, 6.45) is 0. The van der Waals surface area contributed by atoms with Gasteiger partial charge in [0.2, 0.25) is 0 Å². The molecule has 0 saturated heterocycles. The molecule has 0 rings (SSSR count). The van der Waals surface area contributed by atoms with Crippen molar-refractivity contribution in [3.05, 3.63) is 0 Å². The largest absolute Gasteiger partial charge is 0.202 e. The van der Waals surface area contributed by atoms with E-state index >= 15 is 0 Å². The molecule has 0 aromatic heterocycles. The minimum Gasteiger partial charge on any atom is -0.202 e. The van der Waals surface area contributed by atoms with Crippen LogP contribution in [0.4, 0.5) is 0 Å². The first-order valence-corrected chi connectivity index (χ1v) is 12.2. The first kappa shape index (κ1) is 10.6. The fraction of sp³-hybridized carbons (Fsp3) is 1.00. The van der Waals surface area contributed by atoms with Gasteiger partial charge in [-0.15, -0.1) is 0 Å². The van der Waals surface area contributed by atoms with Crippen molar-refractivity contribution in [2.45, 2.75) is 0 Å². The van der Waals surface area contributed by atoms with Gasteiger partial charge in [-0.25, -0.2) is 3.71 Å². The van der Waals surface area contributed by atoms with E-state index in [1.165, 1.54) is 0 Å². The quantitative estimate of drug-likeness (QED) is 0.646. The van der Waals surface area contributed by atoms with Crippen molar-refractivity contribution in [1.82, 2.24) is 3.71 Å². The van der Waals surface area contributed by atoms with Crippen LogP contribution < -0.4 is 0 Å². The summed E-state index contributed by atoms with van der Waals surface area (Å²) in [5, 5.41) is 0. The first-order valence-electron chi connectivity index (χ1n) is 1.52. The van der Waals surface area contributed by atoms with E-state index in [2.05, 4.69) is 63.0 Å². The molecule has 0 fully saturated rings. The van der Waals surface area contributed by atoms with Crippen molar-refractivity contribution < 1.29 is 0 Å². The molecule has 0 heterocycles. The number of halogens is 4. The molecule has 0 saturated carbocycles. The Kier molecular flexibility index (Phi) is 6.96. The molecule has 0 bridgehead atoms. The van der Waals surface area contributed by atoms with Crippen LogP contribution in [0.3, 0.4) is 0 Å². The van der Waals surface area contributed by atoms with Crippen molar-refractivity contribution in [3.63, 3.8) is 0 Å². The summed E-state index contributed by atoms with van der Waals surface area (Å²) in [4.78, 5) is 0. The Morgan fingerprint density at radius 3 is 1.25 bits per heavy atom. The van der Waals surface area contributed by atoms with E-state index in [1.54, 1.807) is 0 Å². The second kappa shape index (κ2) is 5.26. The molecule has 8 heavy (non-hydrogen) atoms. The first-order chi connectivity index (χ1) is 3.55. The van der Waals surface area contributed by atoms with Gasteiger partial charge in [0.25, 0.3) is 0 Å². The number of rotatable bonds is 2. The van der Waals surface area contributed by atoms with Gasteiger partial charge in [0.1, 0.15) is 0 Å². The lowest BCUT2D eigenvalue weighted by Gasteiger charge is -2.23. The predicted octanol–water partition coefficient (Wildman–Crippen LogP) is 3.99. The molecule has 54 valence electrons. The number of hydrogen-bond donors (Lipinski definition) is 2. The molecular weight excluding hydrogens is 410 g/mol. The molecule has 7 heteroatoms. The lowest BCUT2D eigenvalue weighted by molar-refractivity contribution is 0.966. The zero-order valence-electron chi connectivity index (χ0n) is 3.85. The zero-order chi connectivity index (χ0) is 6.73. The van der Waals surface area contributed by atoms with Crippen molar-refractivity contribution in [3.8, 4) is 0 Å². The second-order valence-corrected chi connectivity index (χ2v) is 17.1.